The van der Waals surface area contributed by atoms with Crippen LogP contribution >= 0.6 is 0 Å². The van der Waals surface area contributed by atoms with Crippen LogP contribution < -0.4 is 10.9 Å². The molecule has 1 heterocycles. The van der Waals surface area contributed by atoms with Gasteiger partial charge in [-0.05, 0) is 19.4 Å². The van der Waals surface area contributed by atoms with Crippen molar-refractivity contribution in [1.29, 1.82) is 0 Å². The van der Waals surface area contributed by atoms with Gasteiger partial charge in [0.25, 0.3) is 16.9 Å². The highest BCUT2D eigenvalue weighted by Crippen LogP contribution is 2.22. The molecule has 2 rings (SSSR count). The van der Waals surface area contributed by atoms with E-state index in [-0.39, 0.29) is 22.8 Å². The highest BCUT2D eigenvalue weighted by atomic mass is 16.6. The average Bonchev–Trinajstić information content (AvgIpc) is 2.52. The van der Waals surface area contributed by atoms with Gasteiger partial charge in [-0.2, -0.15) is 0 Å². The summed E-state index contributed by atoms with van der Waals surface area (Å²) in [5, 5.41) is 24.2. The Morgan fingerprint density at radius 1 is 1.12 bits per heavy atom. The lowest BCUT2D eigenvalue weighted by molar-refractivity contribution is -0.386. The van der Waals surface area contributed by atoms with E-state index in [9.17, 15) is 29.8 Å². The largest absolute Gasteiger partial charge is 0.324 e. The highest BCUT2D eigenvalue weighted by molar-refractivity contribution is 5.91. The fourth-order valence-corrected chi connectivity index (χ4v) is 2.25. The Morgan fingerprint density at radius 3 is 2.40 bits per heavy atom. The zero-order valence-corrected chi connectivity index (χ0v) is 13.4. The molecule has 0 aliphatic rings. The molecule has 1 aromatic carbocycles. The molecule has 130 valence electrons. The van der Waals surface area contributed by atoms with Gasteiger partial charge in [-0.3, -0.25) is 34.4 Å². The number of nitrogens with one attached hydrogen (secondary N) is 1. The number of rotatable bonds is 5. The molecule has 0 atom stereocenters. The molecule has 0 aliphatic carbocycles. The van der Waals surface area contributed by atoms with E-state index in [1.54, 1.807) is 6.92 Å². The third kappa shape index (κ3) is 3.86. The molecule has 0 spiro atoms. The minimum atomic E-state index is -0.645. The standard InChI is InChI=1S/C15H14N4O6/c1-9-3-4-11(18(22)23)7-12(9)16-14(20)8-17-10(2)13(19(24)25)5-6-15(17)21/h3-7H,8H2,1-2H3,(H,16,20). The second kappa shape index (κ2) is 6.91. The van der Waals surface area contributed by atoms with Crippen molar-refractivity contribution in [3.05, 3.63) is 72.2 Å². The van der Waals surface area contributed by atoms with Gasteiger partial charge in [-0.25, -0.2) is 0 Å². The topological polar surface area (TPSA) is 137 Å². The number of nitro benzene ring substituents is 1. The molecule has 0 aliphatic heterocycles. The number of carbonyl (C=O) groups excluding carboxylic acids is 1. The zero-order valence-electron chi connectivity index (χ0n) is 13.4. The lowest BCUT2D eigenvalue weighted by Crippen LogP contribution is -2.29. The smallest absolute Gasteiger partial charge is 0.288 e. The maximum atomic E-state index is 12.2. The molecule has 0 unspecified atom stereocenters. The van der Waals surface area contributed by atoms with Gasteiger partial charge >= 0.3 is 0 Å². The number of anilines is 1. The van der Waals surface area contributed by atoms with E-state index < -0.39 is 27.9 Å². The van der Waals surface area contributed by atoms with Crippen molar-refractivity contribution < 1.29 is 14.6 Å². The van der Waals surface area contributed by atoms with Crippen molar-refractivity contribution in [2.75, 3.05) is 5.32 Å². The minimum absolute atomic E-state index is 0.0448. The highest BCUT2D eigenvalue weighted by Gasteiger charge is 2.17. The van der Waals surface area contributed by atoms with Crippen molar-refractivity contribution in [3.8, 4) is 0 Å². The van der Waals surface area contributed by atoms with Gasteiger partial charge in [0, 0.05) is 24.3 Å². The summed E-state index contributed by atoms with van der Waals surface area (Å²) < 4.78 is 0.972. The van der Waals surface area contributed by atoms with E-state index in [0.717, 1.165) is 16.7 Å². The number of benzene rings is 1. The van der Waals surface area contributed by atoms with Gasteiger partial charge in [0.15, 0.2) is 0 Å². The summed E-state index contributed by atoms with van der Waals surface area (Å²) in [6.07, 6.45) is 0. The molecule has 0 saturated heterocycles. The van der Waals surface area contributed by atoms with Crippen LogP contribution in [0.3, 0.4) is 0 Å². The fourth-order valence-electron chi connectivity index (χ4n) is 2.25. The molecule has 25 heavy (non-hydrogen) atoms. The number of pyridine rings is 1. The van der Waals surface area contributed by atoms with Gasteiger partial charge in [0.1, 0.15) is 6.54 Å². The molecule has 0 fully saturated rings. The van der Waals surface area contributed by atoms with Gasteiger partial charge in [-0.15, -0.1) is 0 Å². The Hall–Kier alpha value is -3.56. The Kier molecular flexibility index (Phi) is 4.92. The Labute approximate surface area is 141 Å². The second-order valence-corrected chi connectivity index (χ2v) is 5.29. The van der Waals surface area contributed by atoms with Crippen molar-refractivity contribution in [1.82, 2.24) is 4.57 Å². The summed E-state index contributed by atoms with van der Waals surface area (Å²) in [5.74, 6) is -0.630. The van der Waals surface area contributed by atoms with Crippen molar-refractivity contribution in [2.24, 2.45) is 0 Å². The molecule has 1 N–H and O–H groups in total. The van der Waals surface area contributed by atoms with Crippen LogP contribution in [0.2, 0.25) is 0 Å². The summed E-state index contributed by atoms with van der Waals surface area (Å²) in [5.41, 5.74) is -0.154. The Balaban J connectivity index is 2.29. The average molecular weight is 346 g/mol. The maximum Gasteiger partial charge on any atom is 0.288 e. The first-order chi connectivity index (χ1) is 11.7. The summed E-state index contributed by atoms with van der Waals surface area (Å²) in [4.78, 5) is 44.6. The number of amides is 1. The Morgan fingerprint density at radius 2 is 1.80 bits per heavy atom. The monoisotopic (exact) mass is 346 g/mol. The molecule has 10 nitrogen and oxygen atoms in total. The number of non-ortho nitro benzene ring substituents is 1. The quantitative estimate of drug-likeness (QED) is 0.648. The summed E-state index contributed by atoms with van der Waals surface area (Å²) in [6, 6.07) is 6.09. The van der Waals surface area contributed by atoms with E-state index in [1.807, 2.05) is 0 Å². The third-order valence-corrected chi connectivity index (χ3v) is 3.63. The first-order valence-electron chi connectivity index (χ1n) is 7.10. The molecule has 0 bridgehead atoms. The van der Waals surface area contributed by atoms with Gasteiger partial charge < -0.3 is 5.32 Å². The van der Waals surface area contributed by atoms with E-state index in [0.29, 0.717) is 5.56 Å². The molecule has 2 aromatic rings. The van der Waals surface area contributed by atoms with Crippen LogP contribution in [0, 0.1) is 34.1 Å². The zero-order chi connectivity index (χ0) is 18.7. The van der Waals surface area contributed by atoms with Crippen LogP contribution in [0.1, 0.15) is 11.3 Å². The van der Waals surface area contributed by atoms with Crippen LogP contribution in [0.5, 0.6) is 0 Å². The number of aromatic nitrogens is 1. The molecular weight excluding hydrogens is 332 g/mol. The second-order valence-electron chi connectivity index (χ2n) is 5.29. The molecule has 1 amide bonds. The minimum Gasteiger partial charge on any atom is -0.324 e. The molecule has 0 saturated carbocycles. The van der Waals surface area contributed by atoms with Crippen molar-refractivity contribution in [3.63, 3.8) is 0 Å². The SMILES string of the molecule is Cc1ccc([N+](=O)[O-])cc1NC(=O)Cn1c(C)c([N+](=O)[O-])ccc1=O. The van der Waals surface area contributed by atoms with Gasteiger partial charge in [-0.1, -0.05) is 6.07 Å². The Bertz CT molecular complexity index is 934. The predicted octanol–water partition coefficient (Wildman–Crippen LogP) is 1.92. The van der Waals surface area contributed by atoms with E-state index in [1.165, 1.54) is 25.1 Å². The van der Waals surface area contributed by atoms with Crippen LogP contribution in [-0.2, 0) is 11.3 Å². The van der Waals surface area contributed by atoms with Crippen molar-refractivity contribution in [2.45, 2.75) is 20.4 Å². The molecule has 0 radical (unpaired) electrons. The van der Waals surface area contributed by atoms with E-state index in [4.69, 9.17) is 0 Å². The number of nitrogens with zero attached hydrogens (tertiary/aromatic N) is 3. The van der Waals surface area contributed by atoms with Crippen LogP contribution in [0.4, 0.5) is 17.1 Å². The number of hydrogen-bond donors (Lipinski definition) is 1. The molecule has 1 aromatic heterocycles. The molecular formula is C15H14N4O6. The van der Waals surface area contributed by atoms with Crippen LogP contribution in [-0.4, -0.2) is 20.3 Å². The maximum absolute atomic E-state index is 12.2. The van der Waals surface area contributed by atoms with E-state index >= 15 is 0 Å². The molecule has 10 heteroatoms. The summed E-state index contributed by atoms with van der Waals surface area (Å²) >= 11 is 0. The lowest BCUT2D eigenvalue weighted by atomic mass is 10.2. The first kappa shape index (κ1) is 17.8. The number of carbonyl (C=O) groups is 1. The van der Waals surface area contributed by atoms with Crippen LogP contribution in [0.25, 0.3) is 0 Å². The third-order valence-electron chi connectivity index (χ3n) is 3.63. The summed E-state index contributed by atoms with van der Waals surface area (Å²) in [7, 11) is 0. The van der Waals surface area contributed by atoms with Crippen molar-refractivity contribution >= 4 is 23.0 Å². The summed E-state index contributed by atoms with van der Waals surface area (Å²) in [6.45, 7) is 2.57. The van der Waals surface area contributed by atoms with Gasteiger partial charge in [0.05, 0.1) is 21.2 Å². The van der Waals surface area contributed by atoms with E-state index in [2.05, 4.69) is 5.32 Å². The number of nitro groups is 2. The lowest BCUT2D eigenvalue weighted by Gasteiger charge is -2.11. The fraction of sp³-hybridized carbons (Fsp3) is 0.200. The van der Waals surface area contributed by atoms with Crippen LogP contribution in [0.15, 0.2) is 35.1 Å². The normalized spacial score (nSPS) is 10.3. The predicted molar refractivity (Wildman–Crippen MR) is 88.6 cm³/mol. The van der Waals surface area contributed by atoms with Gasteiger partial charge in [0.2, 0.25) is 5.91 Å². The number of aryl methyl sites for hydroxylation is 1. The first-order valence-corrected chi connectivity index (χ1v) is 7.10. The number of hydrogen-bond acceptors (Lipinski definition) is 6.